The Hall–Kier alpha value is -5.84. The maximum Gasteiger partial charge on any atom is 0.293 e. The lowest BCUT2D eigenvalue weighted by atomic mass is 10.0. The zero-order valence-corrected chi connectivity index (χ0v) is 32.3. The first kappa shape index (κ1) is 40.9. The van der Waals surface area contributed by atoms with Crippen LogP contribution in [0.25, 0.3) is 27.6 Å². The lowest BCUT2D eigenvalue weighted by molar-refractivity contribution is -0.123. The second-order valence-electron chi connectivity index (χ2n) is 14.2. The van der Waals surface area contributed by atoms with E-state index in [1.54, 1.807) is 0 Å². The van der Waals surface area contributed by atoms with Gasteiger partial charge in [0.2, 0.25) is 21.8 Å². The number of pyridine rings is 1. The summed E-state index contributed by atoms with van der Waals surface area (Å²) in [5.41, 5.74) is -4.20. The number of carbonyl (C=O) groups excluding carboxylic acids is 1. The summed E-state index contributed by atoms with van der Waals surface area (Å²) in [6, 6.07) is 5.56. The monoisotopic (exact) mass is 885 g/mol. The molecule has 316 valence electrons. The third-order valence-electron chi connectivity index (χ3n) is 10.1. The molecule has 0 bridgehead atoms. The van der Waals surface area contributed by atoms with Crippen LogP contribution in [0.15, 0.2) is 47.3 Å². The van der Waals surface area contributed by atoms with Crippen LogP contribution in [0.1, 0.15) is 53.1 Å². The quantitative estimate of drug-likeness (QED) is 0.129. The van der Waals surface area contributed by atoms with Crippen molar-refractivity contribution in [1.29, 1.82) is 0 Å². The number of alkyl halides is 6. The van der Waals surface area contributed by atoms with Crippen molar-refractivity contribution in [3.05, 3.63) is 97.8 Å². The van der Waals surface area contributed by atoms with Gasteiger partial charge in [-0.25, -0.2) is 39.7 Å². The third-order valence-corrected chi connectivity index (χ3v) is 10.9. The van der Waals surface area contributed by atoms with E-state index in [2.05, 4.69) is 30.2 Å². The van der Waals surface area contributed by atoms with Gasteiger partial charge in [-0.1, -0.05) is 11.6 Å². The number of halogens is 9. The summed E-state index contributed by atoms with van der Waals surface area (Å²) in [4.78, 5) is 37.4. The van der Waals surface area contributed by atoms with Gasteiger partial charge in [0, 0.05) is 30.0 Å². The molecule has 24 heteroatoms. The Kier molecular flexibility index (Phi) is 10.0. The Morgan fingerprint density at radius 3 is 2.40 bits per heavy atom. The normalized spacial score (nSPS) is 17.4. The minimum atomic E-state index is -4.12. The average molecular weight is 886 g/mol. The molecule has 60 heavy (non-hydrogen) atoms. The van der Waals surface area contributed by atoms with Gasteiger partial charge in [-0.2, -0.15) is 24.0 Å². The van der Waals surface area contributed by atoms with Crippen molar-refractivity contribution in [3.63, 3.8) is 0 Å². The molecule has 8 rings (SSSR count). The first-order chi connectivity index (χ1) is 28.2. The second-order valence-corrected chi connectivity index (χ2v) is 16.4. The molecule has 2 N–H and O–H groups in total. The Labute approximate surface area is 337 Å². The van der Waals surface area contributed by atoms with Crippen LogP contribution in [0.2, 0.25) is 5.02 Å². The smallest absolute Gasteiger partial charge is 0.293 e. The van der Waals surface area contributed by atoms with Crippen LogP contribution in [0.5, 0.6) is 5.88 Å². The molecule has 14 nitrogen and oxygen atoms in total. The number of sulfonamides is 1. The number of nitrogens with zero attached hydrogens (tertiary/aromatic N) is 7. The topological polar surface area (TPSA) is 168 Å². The fourth-order valence-electron chi connectivity index (χ4n) is 7.72. The summed E-state index contributed by atoms with van der Waals surface area (Å²) >= 11 is 6.51. The van der Waals surface area contributed by atoms with Crippen LogP contribution in [0.4, 0.5) is 40.9 Å². The van der Waals surface area contributed by atoms with E-state index in [1.165, 1.54) is 31.4 Å². The maximum absolute atomic E-state index is 15.4. The van der Waals surface area contributed by atoms with Crippen molar-refractivity contribution in [2.45, 2.75) is 56.7 Å². The lowest BCUT2D eigenvalue weighted by Gasteiger charge is -2.24. The number of anilines is 1. The van der Waals surface area contributed by atoms with Crippen molar-refractivity contribution in [1.82, 2.24) is 39.4 Å². The number of hydrogen-bond donors (Lipinski definition) is 2. The third kappa shape index (κ3) is 7.26. The molecule has 2 aliphatic rings. The van der Waals surface area contributed by atoms with Gasteiger partial charge in [0.1, 0.15) is 41.9 Å². The minimum absolute atomic E-state index is 0.0478. The van der Waals surface area contributed by atoms with E-state index in [0.717, 1.165) is 23.0 Å². The summed E-state index contributed by atoms with van der Waals surface area (Å²) in [6.07, 6.45) is -6.24. The molecule has 0 saturated heterocycles. The van der Waals surface area contributed by atoms with E-state index >= 15 is 8.78 Å². The fourth-order valence-corrected chi connectivity index (χ4v) is 8.46. The van der Waals surface area contributed by atoms with Crippen LogP contribution in [-0.4, -0.2) is 68.2 Å². The summed E-state index contributed by atoms with van der Waals surface area (Å²) in [5, 5.41) is 9.52. The number of benzene rings is 2. The number of hydrogen-bond acceptors (Lipinski definition) is 9. The standard InChI is InChI=1S/C36H28ClF8N9O5S/c1-59-25-6-3-17-32(47-25)48-34(54(35(17)56)22-5-4-20(37)27-29(22)52(12-23(40)41)50-33(27)51-60(2,57)58)21(9-14-7-15(38)10-16(39)8-14)46-24(55)13-53-30-26(28(49-53)31(42)43)18-11-19(18)36(30,44)45/h3-8,10,18-19,21,23,31H,9,11-13H2,1-2H3,(H,46,55)(H,50,51)/t18-,19+,21?/m0/s1. The molecule has 2 aromatic carbocycles. The molecule has 4 aromatic heterocycles. The van der Waals surface area contributed by atoms with E-state index < -0.39 is 112 Å². The number of aromatic nitrogens is 7. The van der Waals surface area contributed by atoms with Crippen LogP contribution in [-0.2, 0) is 40.3 Å². The van der Waals surface area contributed by atoms with Crippen LogP contribution < -0.4 is 20.3 Å². The molecule has 6 aromatic rings. The van der Waals surface area contributed by atoms with Gasteiger partial charge in [0.05, 0.1) is 46.4 Å². The van der Waals surface area contributed by atoms with Gasteiger partial charge in [-0.3, -0.25) is 28.2 Å². The number of amides is 1. The van der Waals surface area contributed by atoms with E-state index in [-0.39, 0.29) is 56.1 Å². The van der Waals surface area contributed by atoms with Crippen molar-refractivity contribution < 1.29 is 53.1 Å². The number of carbonyl (C=O) groups is 1. The number of nitrogens with one attached hydrogen (secondary N) is 2. The summed E-state index contributed by atoms with van der Waals surface area (Å²) < 4.78 is 150. The molecular weight excluding hydrogens is 858 g/mol. The molecule has 1 saturated carbocycles. The number of ether oxygens (including phenoxy) is 1. The summed E-state index contributed by atoms with van der Waals surface area (Å²) in [6.45, 7) is -2.24. The van der Waals surface area contributed by atoms with E-state index in [9.17, 15) is 44.3 Å². The van der Waals surface area contributed by atoms with Crippen LogP contribution in [0, 0.1) is 17.6 Å². The Morgan fingerprint density at radius 1 is 1.03 bits per heavy atom. The van der Waals surface area contributed by atoms with Gasteiger partial charge in [-0.05, 0) is 48.2 Å². The minimum Gasteiger partial charge on any atom is -0.481 e. The first-order valence-electron chi connectivity index (χ1n) is 17.7. The zero-order chi connectivity index (χ0) is 43.2. The largest absolute Gasteiger partial charge is 0.481 e. The molecule has 0 aliphatic heterocycles. The predicted molar refractivity (Wildman–Crippen MR) is 197 cm³/mol. The Balaban J connectivity index is 1.35. The van der Waals surface area contributed by atoms with Gasteiger partial charge in [0.15, 0.2) is 11.5 Å². The molecule has 0 spiro atoms. The molecule has 4 heterocycles. The second kappa shape index (κ2) is 14.7. The zero-order valence-electron chi connectivity index (χ0n) is 30.7. The SMILES string of the molecule is COc1ccc2c(=O)n(-c3ccc(Cl)c4c(NS(C)(=O)=O)nn(CC(F)F)c34)c(C(Cc3cc(F)cc(F)c3)NC(=O)Cn3nc(C(F)F)c4c3C(F)(F)[C@@H]3C[C@H]43)nc2n1. The molecule has 1 amide bonds. The van der Waals surface area contributed by atoms with Crippen LogP contribution >= 0.6 is 11.6 Å². The lowest BCUT2D eigenvalue weighted by Crippen LogP contribution is -2.38. The summed E-state index contributed by atoms with van der Waals surface area (Å²) in [7, 11) is -2.86. The average Bonchev–Trinajstić information content (AvgIpc) is 3.68. The van der Waals surface area contributed by atoms with Crippen molar-refractivity contribution in [3.8, 4) is 11.6 Å². The maximum atomic E-state index is 15.4. The number of fused-ring (bicyclic) bond motifs is 5. The molecule has 3 atom stereocenters. The van der Waals surface area contributed by atoms with Crippen molar-refractivity contribution >= 4 is 55.3 Å². The van der Waals surface area contributed by atoms with E-state index in [1.807, 2.05) is 0 Å². The van der Waals surface area contributed by atoms with Gasteiger partial charge < -0.3 is 10.1 Å². The highest BCUT2D eigenvalue weighted by molar-refractivity contribution is 7.92. The molecular formula is C36H28ClF8N9O5S. The molecule has 0 radical (unpaired) electrons. The highest BCUT2D eigenvalue weighted by Crippen LogP contribution is 2.68. The highest BCUT2D eigenvalue weighted by atomic mass is 35.5. The van der Waals surface area contributed by atoms with Crippen LogP contribution in [0.3, 0.4) is 0 Å². The Bertz CT molecular complexity index is 2900. The van der Waals surface area contributed by atoms with Crippen molar-refractivity contribution in [2.75, 3.05) is 18.1 Å². The first-order valence-corrected chi connectivity index (χ1v) is 20.0. The van der Waals surface area contributed by atoms with E-state index in [4.69, 9.17) is 16.3 Å². The number of rotatable bonds is 13. The Morgan fingerprint density at radius 2 is 1.75 bits per heavy atom. The van der Waals surface area contributed by atoms with E-state index in [0.29, 0.717) is 15.4 Å². The molecule has 2 aliphatic carbocycles. The van der Waals surface area contributed by atoms with Gasteiger partial charge in [-0.15, -0.1) is 0 Å². The molecule has 1 fully saturated rings. The highest BCUT2D eigenvalue weighted by Gasteiger charge is 2.67. The summed E-state index contributed by atoms with van der Waals surface area (Å²) in [5.74, 6) is -10.1. The van der Waals surface area contributed by atoms with Crippen molar-refractivity contribution in [2.24, 2.45) is 5.92 Å². The van der Waals surface area contributed by atoms with Gasteiger partial charge in [0.25, 0.3) is 24.3 Å². The number of methoxy groups -OCH3 is 1. The fraction of sp³-hybridized carbons (Fsp3) is 0.333. The van der Waals surface area contributed by atoms with Gasteiger partial charge >= 0.3 is 0 Å². The predicted octanol–water partition coefficient (Wildman–Crippen LogP) is 6.15. The molecule has 1 unspecified atom stereocenters.